The fourth-order valence-electron chi connectivity index (χ4n) is 3.48. The molecule has 3 heterocycles. The van der Waals surface area contributed by atoms with Crippen LogP contribution in [0, 0.1) is 6.92 Å². The van der Waals surface area contributed by atoms with E-state index in [4.69, 9.17) is 0 Å². The van der Waals surface area contributed by atoms with Crippen LogP contribution in [0.3, 0.4) is 0 Å². The molecule has 0 saturated carbocycles. The van der Waals surface area contributed by atoms with E-state index >= 15 is 0 Å². The average molecular weight is 357 g/mol. The van der Waals surface area contributed by atoms with Gasteiger partial charge < -0.3 is 5.32 Å². The Kier molecular flexibility index (Phi) is 3.36. The van der Waals surface area contributed by atoms with Crippen molar-refractivity contribution in [3.8, 4) is 5.69 Å². The fourth-order valence-corrected chi connectivity index (χ4v) is 3.48. The lowest BCUT2D eigenvalue weighted by Crippen LogP contribution is -2.33. The number of nitrogens with one attached hydrogen (secondary N) is 1. The number of rotatable bonds is 2. The molecule has 2 aromatic heterocycles. The number of para-hydroxylation sites is 1. The smallest absolute Gasteiger partial charge is 0.295 e. The third-order valence-electron chi connectivity index (χ3n) is 4.68. The van der Waals surface area contributed by atoms with Gasteiger partial charge in [-0.05, 0) is 35.0 Å². The molecule has 5 rings (SSSR count). The van der Waals surface area contributed by atoms with Gasteiger partial charge in [-0.3, -0.25) is 4.79 Å². The minimum Gasteiger partial charge on any atom is -0.318 e. The Balaban J connectivity index is 1.79. The van der Waals surface area contributed by atoms with Gasteiger partial charge in [-0.1, -0.05) is 53.6 Å². The summed E-state index contributed by atoms with van der Waals surface area (Å²) in [4.78, 5) is 13.2. The number of benzene rings is 2. The van der Waals surface area contributed by atoms with Gasteiger partial charge in [0.25, 0.3) is 5.56 Å². The van der Waals surface area contributed by atoms with Crippen molar-refractivity contribution < 1.29 is 0 Å². The van der Waals surface area contributed by atoms with Gasteiger partial charge in [0.2, 0.25) is 5.95 Å². The zero-order valence-electron chi connectivity index (χ0n) is 14.4. The normalized spacial score (nSPS) is 14.9. The van der Waals surface area contributed by atoms with Crippen LogP contribution < -0.4 is 10.9 Å². The average Bonchev–Trinajstić information content (AvgIpc) is 3.19. The summed E-state index contributed by atoms with van der Waals surface area (Å²) >= 11 is 0. The van der Waals surface area contributed by atoms with Crippen molar-refractivity contribution in [3.05, 3.63) is 87.8 Å². The number of hydrogen-bond acceptors (Lipinski definition) is 6. The van der Waals surface area contributed by atoms with Gasteiger partial charge in [0.05, 0.1) is 11.4 Å². The first kappa shape index (κ1) is 15.4. The van der Waals surface area contributed by atoms with Gasteiger partial charge in [0.1, 0.15) is 11.7 Å². The second-order valence-electron chi connectivity index (χ2n) is 6.31. The first-order chi connectivity index (χ1) is 13.2. The maximum absolute atomic E-state index is 13.2. The van der Waals surface area contributed by atoms with Gasteiger partial charge in [0.15, 0.2) is 0 Å². The standard InChI is InChI=1S/C19H15N7O/c1-12-15-16(18(27)25(22-12)14-10-6-3-7-11-14)20-19-21-23-24-26(19)17(15)13-8-4-2-5-9-13/h2-11,17H,1H3,(H,20,21,24)/t17-/m0/s1. The Morgan fingerprint density at radius 2 is 1.70 bits per heavy atom. The molecule has 1 aliphatic heterocycles. The molecular weight excluding hydrogens is 342 g/mol. The number of tetrazole rings is 1. The van der Waals surface area contributed by atoms with Crippen molar-refractivity contribution in [2.75, 3.05) is 5.32 Å². The van der Waals surface area contributed by atoms with Gasteiger partial charge >= 0.3 is 0 Å². The molecule has 1 atom stereocenters. The van der Waals surface area contributed by atoms with Gasteiger partial charge in [-0.2, -0.15) is 14.5 Å². The van der Waals surface area contributed by atoms with Crippen molar-refractivity contribution >= 4 is 11.6 Å². The molecule has 8 heteroatoms. The van der Waals surface area contributed by atoms with E-state index < -0.39 is 0 Å². The van der Waals surface area contributed by atoms with Crippen molar-refractivity contribution in [2.24, 2.45) is 0 Å². The lowest BCUT2D eigenvalue weighted by atomic mass is 9.95. The molecule has 132 valence electrons. The van der Waals surface area contributed by atoms with Crippen LogP contribution in [0.15, 0.2) is 65.5 Å². The van der Waals surface area contributed by atoms with E-state index in [-0.39, 0.29) is 11.6 Å². The predicted octanol–water partition coefficient (Wildman–Crippen LogP) is 2.22. The molecule has 27 heavy (non-hydrogen) atoms. The van der Waals surface area contributed by atoms with Gasteiger partial charge in [0, 0.05) is 5.56 Å². The SMILES string of the molecule is Cc1nn(-c2ccccc2)c(=O)c2c1[C@H](c1ccccc1)n1nnnc1N2. The van der Waals surface area contributed by atoms with E-state index in [0.29, 0.717) is 17.3 Å². The first-order valence-corrected chi connectivity index (χ1v) is 8.53. The molecule has 2 aromatic carbocycles. The highest BCUT2D eigenvalue weighted by Gasteiger charge is 2.33. The minimum absolute atomic E-state index is 0.239. The van der Waals surface area contributed by atoms with E-state index in [1.165, 1.54) is 4.68 Å². The van der Waals surface area contributed by atoms with E-state index in [1.807, 2.05) is 67.6 Å². The van der Waals surface area contributed by atoms with Gasteiger partial charge in [-0.15, -0.1) is 0 Å². The molecule has 0 aliphatic carbocycles. The summed E-state index contributed by atoms with van der Waals surface area (Å²) in [6.07, 6.45) is 0. The highest BCUT2D eigenvalue weighted by atomic mass is 16.1. The van der Waals surface area contributed by atoms with Crippen LogP contribution in [-0.2, 0) is 0 Å². The Bertz CT molecular complexity index is 1180. The third-order valence-corrected chi connectivity index (χ3v) is 4.68. The summed E-state index contributed by atoms with van der Waals surface area (Å²) < 4.78 is 3.08. The predicted molar refractivity (Wildman–Crippen MR) is 99.4 cm³/mol. The molecule has 1 aliphatic rings. The van der Waals surface area contributed by atoms with Crippen LogP contribution in [0.5, 0.6) is 0 Å². The van der Waals surface area contributed by atoms with E-state index in [9.17, 15) is 4.79 Å². The summed E-state index contributed by atoms with van der Waals surface area (Å²) in [5.41, 5.74) is 3.40. The van der Waals surface area contributed by atoms with Crippen LogP contribution >= 0.6 is 0 Å². The molecule has 0 bridgehead atoms. The number of nitrogens with zero attached hydrogens (tertiary/aromatic N) is 6. The Labute approximate surface area is 154 Å². The molecule has 0 spiro atoms. The third kappa shape index (κ3) is 2.34. The van der Waals surface area contributed by atoms with Crippen LogP contribution in [0.25, 0.3) is 5.69 Å². The first-order valence-electron chi connectivity index (χ1n) is 8.53. The van der Waals surface area contributed by atoms with Gasteiger partial charge in [-0.25, -0.2) is 0 Å². The summed E-state index contributed by atoms with van der Waals surface area (Å²) in [7, 11) is 0. The quantitative estimate of drug-likeness (QED) is 0.521. The zero-order valence-corrected chi connectivity index (χ0v) is 14.4. The maximum atomic E-state index is 13.2. The Morgan fingerprint density at radius 1 is 1.00 bits per heavy atom. The maximum Gasteiger partial charge on any atom is 0.295 e. The van der Waals surface area contributed by atoms with Crippen molar-refractivity contribution in [1.29, 1.82) is 0 Å². The molecule has 0 fully saturated rings. The second kappa shape index (κ2) is 5.87. The van der Waals surface area contributed by atoms with Crippen molar-refractivity contribution in [1.82, 2.24) is 30.0 Å². The number of hydrogen-bond donors (Lipinski definition) is 1. The number of aromatic nitrogens is 6. The topological polar surface area (TPSA) is 90.5 Å². The number of aryl methyl sites for hydroxylation is 1. The summed E-state index contributed by atoms with van der Waals surface area (Å²) in [5.74, 6) is 0.429. The van der Waals surface area contributed by atoms with Crippen molar-refractivity contribution in [3.63, 3.8) is 0 Å². The molecule has 0 radical (unpaired) electrons. The van der Waals surface area contributed by atoms with Crippen LogP contribution in [-0.4, -0.2) is 30.0 Å². The second-order valence-corrected chi connectivity index (χ2v) is 6.31. The largest absolute Gasteiger partial charge is 0.318 e. The monoisotopic (exact) mass is 357 g/mol. The molecule has 0 unspecified atom stereocenters. The van der Waals surface area contributed by atoms with E-state index in [0.717, 1.165) is 16.8 Å². The molecule has 0 amide bonds. The van der Waals surface area contributed by atoms with Crippen LogP contribution in [0.2, 0.25) is 0 Å². The fraction of sp³-hybridized carbons (Fsp3) is 0.105. The number of anilines is 2. The highest BCUT2D eigenvalue weighted by Crippen LogP contribution is 2.37. The lowest BCUT2D eigenvalue weighted by Gasteiger charge is -2.28. The summed E-state index contributed by atoms with van der Waals surface area (Å²) in [6, 6.07) is 18.9. The Morgan fingerprint density at radius 3 is 2.44 bits per heavy atom. The minimum atomic E-state index is -0.321. The summed E-state index contributed by atoms with van der Waals surface area (Å²) in [6.45, 7) is 1.89. The number of fused-ring (bicyclic) bond motifs is 2. The highest BCUT2D eigenvalue weighted by molar-refractivity contribution is 5.65. The van der Waals surface area contributed by atoms with Crippen LogP contribution in [0.1, 0.15) is 22.9 Å². The molecular formula is C19H15N7O. The van der Waals surface area contributed by atoms with E-state index in [2.05, 4.69) is 25.9 Å². The Hall–Kier alpha value is -3.81. The van der Waals surface area contributed by atoms with Crippen molar-refractivity contribution in [2.45, 2.75) is 13.0 Å². The lowest BCUT2D eigenvalue weighted by molar-refractivity contribution is 0.559. The molecule has 4 aromatic rings. The van der Waals surface area contributed by atoms with Crippen LogP contribution in [0.4, 0.5) is 11.6 Å². The molecule has 8 nitrogen and oxygen atoms in total. The zero-order chi connectivity index (χ0) is 18.4. The molecule has 1 N–H and O–H groups in total. The summed E-state index contributed by atoms with van der Waals surface area (Å²) in [5, 5.41) is 19.6. The molecule has 0 saturated heterocycles. The van der Waals surface area contributed by atoms with E-state index in [1.54, 1.807) is 4.68 Å².